The molecule has 0 saturated heterocycles. The summed E-state index contributed by atoms with van der Waals surface area (Å²) in [5.41, 5.74) is 9.92. The molecule has 2 nitrogen and oxygen atoms in total. The number of hydrogen-bond acceptors (Lipinski definition) is 2. The van der Waals surface area contributed by atoms with Crippen LogP contribution in [0, 0.1) is 19.7 Å². The molecular weight excluding hydrogens is 401 g/mol. The van der Waals surface area contributed by atoms with Gasteiger partial charge in [-0.15, -0.1) is 0 Å². The van der Waals surface area contributed by atoms with E-state index in [9.17, 15) is 4.39 Å². The van der Waals surface area contributed by atoms with Crippen LogP contribution in [0.15, 0.2) is 33.2 Å². The average Bonchev–Trinajstić information content (AvgIpc) is 2.44. The molecule has 0 amide bonds. The van der Waals surface area contributed by atoms with Crippen molar-refractivity contribution in [1.29, 1.82) is 0 Å². The zero-order valence-corrected chi connectivity index (χ0v) is 15.2. The number of nitrogens with two attached hydrogens (primary N) is 1. The zero-order valence-electron chi connectivity index (χ0n) is 12.0. The average molecular weight is 417 g/mol. The minimum Gasteiger partial charge on any atom is -0.496 e. The van der Waals surface area contributed by atoms with Gasteiger partial charge in [0.1, 0.15) is 11.6 Å². The first-order valence-electron chi connectivity index (χ1n) is 6.41. The largest absolute Gasteiger partial charge is 0.496 e. The molecule has 1 unspecified atom stereocenters. The smallest absolute Gasteiger partial charge is 0.137 e. The summed E-state index contributed by atoms with van der Waals surface area (Å²) in [6.45, 7) is 3.93. The van der Waals surface area contributed by atoms with Gasteiger partial charge >= 0.3 is 0 Å². The molecule has 0 aliphatic rings. The summed E-state index contributed by atoms with van der Waals surface area (Å²) in [6.07, 6.45) is 0. The fourth-order valence-electron chi connectivity index (χ4n) is 2.39. The normalized spacial score (nSPS) is 12.3. The lowest BCUT2D eigenvalue weighted by Crippen LogP contribution is -2.16. The Morgan fingerprint density at radius 2 is 1.81 bits per heavy atom. The molecule has 0 bridgehead atoms. The van der Waals surface area contributed by atoms with Crippen molar-refractivity contribution in [2.45, 2.75) is 19.9 Å². The van der Waals surface area contributed by atoms with Gasteiger partial charge in [-0.3, -0.25) is 0 Å². The highest BCUT2D eigenvalue weighted by Crippen LogP contribution is 2.38. The number of hydrogen-bond donors (Lipinski definition) is 1. The van der Waals surface area contributed by atoms with Gasteiger partial charge in [0.15, 0.2) is 0 Å². The summed E-state index contributed by atoms with van der Waals surface area (Å²) < 4.78 is 20.6. The van der Waals surface area contributed by atoms with Crippen molar-refractivity contribution >= 4 is 31.9 Å². The standard InChI is InChI=1S/C16H16Br2FNO/c1-8-6-12(18)9(2)14(16(8)21-3)15(20)10-4-5-11(17)13(19)7-10/h4-7,15H,20H2,1-3H3. The molecule has 0 radical (unpaired) electrons. The first kappa shape index (κ1) is 16.5. The lowest BCUT2D eigenvalue weighted by Gasteiger charge is -2.21. The summed E-state index contributed by atoms with van der Waals surface area (Å²) in [4.78, 5) is 0. The van der Waals surface area contributed by atoms with Crippen LogP contribution in [-0.2, 0) is 0 Å². The highest BCUT2D eigenvalue weighted by molar-refractivity contribution is 9.10. The van der Waals surface area contributed by atoms with Crippen LogP contribution < -0.4 is 10.5 Å². The third-order valence-electron chi connectivity index (χ3n) is 3.53. The van der Waals surface area contributed by atoms with E-state index < -0.39 is 6.04 Å². The highest BCUT2D eigenvalue weighted by Gasteiger charge is 2.21. The van der Waals surface area contributed by atoms with E-state index >= 15 is 0 Å². The minimum atomic E-state index is -0.459. The molecule has 2 rings (SSSR count). The predicted molar refractivity (Wildman–Crippen MR) is 90.3 cm³/mol. The third-order valence-corrected chi connectivity index (χ3v) is 4.99. The minimum absolute atomic E-state index is 0.328. The van der Waals surface area contributed by atoms with Crippen LogP contribution in [0.2, 0.25) is 0 Å². The second kappa shape index (κ2) is 6.46. The van der Waals surface area contributed by atoms with Crippen molar-refractivity contribution < 1.29 is 9.13 Å². The highest BCUT2D eigenvalue weighted by atomic mass is 79.9. The van der Waals surface area contributed by atoms with Crippen LogP contribution >= 0.6 is 31.9 Å². The van der Waals surface area contributed by atoms with E-state index in [1.54, 1.807) is 13.2 Å². The quantitative estimate of drug-likeness (QED) is 0.761. The van der Waals surface area contributed by atoms with Crippen molar-refractivity contribution in [3.8, 4) is 5.75 Å². The monoisotopic (exact) mass is 415 g/mol. The topological polar surface area (TPSA) is 35.2 Å². The Labute approximate surface area is 140 Å². The second-order valence-corrected chi connectivity index (χ2v) is 6.61. The number of rotatable bonds is 3. The lowest BCUT2D eigenvalue weighted by molar-refractivity contribution is 0.404. The summed E-state index contributed by atoms with van der Waals surface area (Å²) in [5, 5.41) is 0. The predicted octanol–water partition coefficient (Wildman–Crippen LogP) is 5.02. The summed E-state index contributed by atoms with van der Waals surface area (Å²) in [5.74, 6) is 0.415. The van der Waals surface area contributed by atoms with Gasteiger partial charge in [0.25, 0.3) is 0 Å². The van der Waals surface area contributed by atoms with Crippen molar-refractivity contribution in [3.63, 3.8) is 0 Å². The Bertz CT molecular complexity index is 688. The Hall–Kier alpha value is -0.910. The summed E-state index contributed by atoms with van der Waals surface area (Å²) in [6, 6.07) is 6.46. The van der Waals surface area contributed by atoms with Gasteiger partial charge in [0, 0.05) is 10.0 Å². The van der Waals surface area contributed by atoms with E-state index in [1.165, 1.54) is 6.07 Å². The van der Waals surface area contributed by atoms with Crippen molar-refractivity contribution in [3.05, 3.63) is 61.3 Å². The number of halogens is 3. The Kier molecular flexibility index (Phi) is 5.07. The lowest BCUT2D eigenvalue weighted by atomic mass is 9.93. The van der Waals surface area contributed by atoms with Crippen molar-refractivity contribution in [1.82, 2.24) is 0 Å². The SMILES string of the molecule is COc1c(C)cc(Br)c(C)c1C(N)c1ccc(Br)c(F)c1. The van der Waals surface area contributed by atoms with Crippen molar-refractivity contribution in [2.24, 2.45) is 5.73 Å². The molecule has 0 fully saturated rings. The molecule has 0 aliphatic carbocycles. The molecule has 0 saturated carbocycles. The zero-order chi connectivity index (χ0) is 15.7. The maximum absolute atomic E-state index is 13.8. The fraction of sp³-hybridized carbons (Fsp3) is 0.250. The molecule has 112 valence electrons. The number of benzene rings is 2. The van der Waals surface area contributed by atoms with E-state index in [2.05, 4.69) is 31.9 Å². The van der Waals surface area contributed by atoms with Crippen molar-refractivity contribution in [2.75, 3.05) is 7.11 Å². The molecule has 2 aromatic rings. The number of methoxy groups -OCH3 is 1. The molecule has 2 N–H and O–H groups in total. The molecule has 0 aromatic heterocycles. The Morgan fingerprint density at radius 3 is 2.38 bits per heavy atom. The van der Waals surface area contributed by atoms with Gasteiger partial charge in [-0.05, 0) is 64.7 Å². The molecule has 0 heterocycles. The second-order valence-electron chi connectivity index (χ2n) is 4.90. The van der Waals surface area contributed by atoms with Crippen LogP contribution in [0.1, 0.15) is 28.3 Å². The first-order chi connectivity index (χ1) is 9.86. The van der Waals surface area contributed by atoms with E-state index in [0.29, 0.717) is 10.0 Å². The maximum Gasteiger partial charge on any atom is 0.137 e. The molecule has 21 heavy (non-hydrogen) atoms. The molecule has 2 aromatic carbocycles. The third kappa shape index (κ3) is 3.15. The van der Waals surface area contributed by atoms with Gasteiger partial charge in [-0.2, -0.15) is 0 Å². The van der Waals surface area contributed by atoms with Gasteiger partial charge in [-0.25, -0.2) is 4.39 Å². The number of ether oxygens (including phenoxy) is 1. The van der Waals surface area contributed by atoms with E-state index in [1.807, 2.05) is 26.0 Å². The van der Waals surface area contributed by atoms with Crippen LogP contribution in [0.3, 0.4) is 0 Å². The fourth-order valence-corrected chi connectivity index (χ4v) is 3.20. The van der Waals surface area contributed by atoms with Gasteiger partial charge in [0.2, 0.25) is 0 Å². The van der Waals surface area contributed by atoms with Crippen LogP contribution in [0.5, 0.6) is 5.75 Å². The van der Waals surface area contributed by atoms with Gasteiger partial charge in [0.05, 0.1) is 17.6 Å². The van der Waals surface area contributed by atoms with E-state index in [-0.39, 0.29) is 5.82 Å². The van der Waals surface area contributed by atoms with Gasteiger partial charge < -0.3 is 10.5 Å². The van der Waals surface area contributed by atoms with Crippen LogP contribution in [-0.4, -0.2) is 7.11 Å². The molecular formula is C16H16Br2FNO. The Balaban J connectivity index is 2.62. The van der Waals surface area contributed by atoms with E-state index in [4.69, 9.17) is 10.5 Å². The summed E-state index contributed by atoms with van der Waals surface area (Å²) >= 11 is 6.69. The maximum atomic E-state index is 13.8. The molecule has 0 aliphatic heterocycles. The van der Waals surface area contributed by atoms with E-state index in [0.717, 1.165) is 26.9 Å². The summed E-state index contributed by atoms with van der Waals surface area (Å²) in [7, 11) is 1.62. The van der Waals surface area contributed by atoms with Crippen LogP contribution in [0.25, 0.3) is 0 Å². The first-order valence-corrected chi connectivity index (χ1v) is 7.99. The van der Waals surface area contributed by atoms with Crippen LogP contribution in [0.4, 0.5) is 4.39 Å². The Morgan fingerprint density at radius 1 is 1.14 bits per heavy atom. The molecule has 5 heteroatoms. The molecule has 0 spiro atoms. The number of aryl methyl sites for hydroxylation is 1. The van der Waals surface area contributed by atoms with Gasteiger partial charge in [-0.1, -0.05) is 22.0 Å². The molecule has 1 atom stereocenters.